The van der Waals surface area contributed by atoms with Crippen molar-refractivity contribution in [3.63, 3.8) is 0 Å². The van der Waals surface area contributed by atoms with E-state index in [1.807, 2.05) is 32.0 Å². The van der Waals surface area contributed by atoms with E-state index in [1.54, 1.807) is 13.1 Å². The van der Waals surface area contributed by atoms with Crippen LogP contribution in [0.15, 0.2) is 24.4 Å². The summed E-state index contributed by atoms with van der Waals surface area (Å²) < 4.78 is 0. The van der Waals surface area contributed by atoms with Gasteiger partial charge in [0, 0.05) is 6.20 Å². The molecule has 0 fully saturated rings. The highest BCUT2D eigenvalue weighted by Crippen LogP contribution is 2.13. The van der Waals surface area contributed by atoms with Gasteiger partial charge in [0.1, 0.15) is 0 Å². The largest absolute Gasteiger partial charge is 0.346 e. The van der Waals surface area contributed by atoms with Gasteiger partial charge in [-0.1, -0.05) is 19.4 Å². The van der Waals surface area contributed by atoms with Gasteiger partial charge in [-0.2, -0.15) is 0 Å². The van der Waals surface area contributed by atoms with Crippen LogP contribution in [0, 0.1) is 0 Å². The molecule has 0 aliphatic carbocycles. The number of nitrogens with zero attached hydrogens (tertiary/aromatic N) is 1. The van der Waals surface area contributed by atoms with Crippen LogP contribution in [0.4, 0.5) is 0 Å². The van der Waals surface area contributed by atoms with Crippen molar-refractivity contribution >= 4 is 18.3 Å². The number of pyridine rings is 1. The fraction of sp³-hybridized carbons (Fsp3) is 0.538. The highest BCUT2D eigenvalue weighted by atomic mass is 35.5. The van der Waals surface area contributed by atoms with Crippen LogP contribution in [0.1, 0.15) is 45.3 Å². The van der Waals surface area contributed by atoms with Crippen molar-refractivity contribution in [3.05, 3.63) is 30.1 Å². The van der Waals surface area contributed by atoms with Gasteiger partial charge >= 0.3 is 0 Å². The minimum atomic E-state index is -0.808. The monoisotopic (exact) mass is 271 g/mol. The van der Waals surface area contributed by atoms with E-state index in [0.717, 1.165) is 12.1 Å². The van der Waals surface area contributed by atoms with Crippen molar-refractivity contribution in [1.29, 1.82) is 0 Å². The van der Waals surface area contributed by atoms with Gasteiger partial charge in [-0.25, -0.2) is 0 Å². The number of hydrogen-bond donors (Lipinski definition) is 2. The topological polar surface area (TPSA) is 68.0 Å². The van der Waals surface area contributed by atoms with Crippen LogP contribution in [0.5, 0.6) is 0 Å². The third-order valence-corrected chi connectivity index (χ3v) is 2.77. The lowest BCUT2D eigenvalue weighted by atomic mass is 9.96. The zero-order valence-corrected chi connectivity index (χ0v) is 12.0. The van der Waals surface area contributed by atoms with E-state index in [2.05, 4.69) is 10.3 Å². The summed E-state index contributed by atoms with van der Waals surface area (Å²) in [4.78, 5) is 16.2. The molecule has 18 heavy (non-hydrogen) atoms. The predicted molar refractivity (Wildman–Crippen MR) is 75.5 cm³/mol. The first kappa shape index (κ1) is 16.9. The van der Waals surface area contributed by atoms with E-state index in [9.17, 15) is 4.79 Å². The van der Waals surface area contributed by atoms with E-state index in [4.69, 9.17) is 5.73 Å². The summed E-state index contributed by atoms with van der Waals surface area (Å²) in [7, 11) is 0. The molecule has 0 saturated carbocycles. The molecular formula is C13H22ClN3O. The van der Waals surface area contributed by atoms with Gasteiger partial charge in [-0.15, -0.1) is 12.4 Å². The van der Waals surface area contributed by atoms with Crippen LogP contribution in [-0.4, -0.2) is 16.4 Å². The summed E-state index contributed by atoms with van der Waals surface area (Å²) in [6, 6.07) is 5.52. The van der Waals surface area contributed by atoms with Crippen LogP contribution in [0.25, 0.3) is 0 Å². The molecule has 5 heteroatoms. The Bertz CT molecular complexity index is 368. The smallest absolute Gasteiger partial charge is 0.240 e. The second-order valence-electron chi connectivity index (χ2n) is 4.62. The van der Waals surface area contributed by atoms with Gasteiger partial charge in [0.2, 0.25) is 5.91 Å². The Morgan fingerprint density at radius 1 is 1.56 bits per heavy atom. The van der Waals surface area contributed by atoms with Crippen molar-refractivity contribution in [2.45, 2.75) is 45.2 Å². The minimum Gasteiger partial charge on any atom is -0.346 e. The summed E-state index contributed by atoms with van der Waals surface area (Å²) >= 11 is 0. The standard InChI is InChI=1S/C13H21N3O.ClH/c1-4-8-13(3,14)12(17)16-10(2)11-7-5-6-9-15-11;/h5-7,9-10H,4,8,14H2,1-3H3,(H,16,17);1H. The van der Waals surface area contributed by atoms with E-state index in [-0.39, 0.29) is 24.4 Å². The highest BCUT2D eigenvalue weighted by molar-refractivity contribution is 5.86. The maximum atomic E-state index is 12.0. The van der Waals surface area contributed by atoms with Gasteiger partial charge in [0.05, 0.1) is 17.3 Å². The Labute approximate surface area is 115 Å². The maximum absolute atomic E-state index is 12.0. The molecule has 4 nitrogen and oxygen atoms in total. The molecule has 0 aromatic carbocycles. The van der Waals surface area contributed by atoms with E-state index in [0.29, 0.717) is 6.42 Å². The van der Waals surface area contributed by atoms with Crippen molar-refractivity contribution in [2.24, 2.45) is 5.73 Å². The number of nitrogens with one attached hydrogen (secondary N) is 1. The molecule has 102 valence electrons. The Kier molecular flexibility index (Phi) is 6.88. The second-order valence-corrected chi connectivity index (χ2v) is 4.62. The Morgan fingerprint density at radius 3 is 2.72 bits per heavy atom. The van der Waals surface area contributed by atoms with Gasteiger partial charge in [-0.05, 0) is 32.4 Å². The number of nitrogens with two attached hydrogens (primary N) is 1. The van der Waals surface area contributed by atoms with Gasteiger partial charge < -0.3 is 11.1 Å². The van der Waals surface area contributed by atoms with Crippen LogP contribution < -0.4 is 11.1 Å². The first-order valence-corrected chi connectivity index (χ1v) is 5.98. The lowest BCUT2D eigenvalue weighted by Gasteiger charge is -2.25. The third kappa shape index (κ3) is 4.63. The molecule has 0 aliphatic rings. The average molecular weight is 272 g/mol. The molecule has 2 atom stereocenters. The molecule has 1 aromatic rings. The lowest BCUT2D eigenvalue weighted by molar-refractivity contribution is -0.126. The van der Waals surface area contributed by atoms with E-state index < -0.39 is 5.54 Å². The van der Waals surface area contributed by atoms with Gasteiger partial charge in [0.15, 0.2) is 0 Å². The van der Waals surface area contributed by atoms with Crippen molar-refractivity contribution in [1.82, 2.24) is 10.3 Å². The molecule has 1 rings (SSSR count). The van der Waals surface area contributed by atoms with Gasteiger partial charge in [-0.3, -0.25) is 9.78 Å². The first-order valence-electron chi connectivity index (χ1n) is 5.98. The number of hydrogen-bond acceptors (Lipinski definition) is 3. The molecule has 3 N–H and O–H groups in total. The summed E-state index contributed by atoms with van der Waals surface area (Å²) in [6.07, 6.45) is 3.28. The molecule has 0 aliphatic heterocycles. The Morgan fingerprint density at radius 2 is 2.22 bits per heavy atom. The van der Waals surface area contributed by atoms with Crippen LogP contribution in [0.3, 0.4) is 0 Å². The first-order chi connectivity index (χ1) is 7.97. The number of amides is 1. The molecule has 0 saturated heterocycles. The number of carbonyl (C=O) groups excluding carboxylic acids is 1. The fourth-order valence-electron chi connectivity index (χ4n) is 1.70. The van der Waals surface area contributed by atoms with Crippen molar-refractivity contribution < 1.29 is 4.79 Å². The zero-order chi connectivity index (χ0) is 12.9. The SMILES string of the molecule is CCCC(C)(N)C(=O)NC(C)c1ccccn1.Cl. The van der Waals surface area contributed by atoms with Crippen molar-refractivity contribution in [3.8, 4) is 0 Å². The summed E-state index contributed by atoms with van der Waals surface area (Å²) in [6.45, 7) is 5.68. The number of halogens is 1. The molecule has 1 amide bonds. The molecular weight excluding hydrogens is 250 g/mol. The zero-order valence-electron chi connectivity index (χ0n) is 11.1. The third-order valence-electron chi connectivity index (χ3n) is 2.77. The molecule has 1 heterocycles. The van der Waals surface area contributed by atoms with E-state index >= 15 is 0 Å². The summed E-state index contributed by atoms with van der Waals surface area (Å²) in [5.41, 5.74) is 6.00. The maximum Gasteiger partial charge on any atom is 0.240 e. The fourth-order valence-corrected chi connectivity index (χ4v) is 1.70. The lowest BCUT2D eigenvalue weighted by Crippen LogP contribution is -2.52. The van der Waals surface area contributed by atoms with E-state index in [1.165, 1.54) is 0 Å². The normalized spacial score (nSPS) is 15.1. The highest BCUT2D eigenvalue weighted by Gasteiger charge is 2.28. The quantitative estimate of drug-likeness (QED) is 0.863. The van der Waals surface area contributed by atoms with Gasteiger partial charge in [0.25, 0.3) is 0 Å². The molecule has 0 spiro atoms. The average Bonchev–Trinajstić information content (AvgIpc) is 2.30. The number of aromatic nitrogens is 1. The van der Waals surface area contributed by atoms with Crippen LogP contribution in [-0.2, 0) is 4.79 Å². The Balaban J connectivity index is 0.00000289. The molecule has 2 unspecified atom stereocenters. The molecule has 0 bridgehead atoms. The summed E-state index contributed by atoms with van der Waals surface area (Å²) in [5, 5.41) is 2.89. The van der Waals surface area contributed by atoms with Crippen LogP contribution >= 0.6 is 12.4 Å². The van der Waals surface area contributed by atoms with Crippen LogP contribution in [0.2, 0.25) is 0 Å². The Hall–Kier alpha value is -1.13. The number of rotatable bonds is 5. The number of carbonyl (C=O) groups is 1. The molecule has 1 aromatic heterocycles. The summed E-state index contributed by atoms with van der Waals surface area (Å²) in [5.74, 6) is -0.127. The minimum absolute atomic E-state index is 0. The molecule has 0 radical (unpaired) electrons. The predicted octanol–water partition coefficient (Wildman–Crippen LogP) is 2.20. The second kappa shape index (κ2) is 7.34. The van der Waals surface area contributed by atoms with Crippen molar-refractivity contribution in [2.75, 3.05) is 0 Å².